The molecule has 1 atom stereocenters. The number of rotatable bonds is 0. The molecule has 11 heavy (non-hydrogen) atoms. The van der Waals surface area contributed by atoms with Crippen LogP contribution in [-0.2, 0) is 12.8 Å². The molecule has 0 saturated heterocycles. The summed E-state index contributed by atoms with van der Waals surface area (Å²) < 4.78 is 0. The first-order valence-corrected chi connectivity index (χ1v) is 4.03. The van der Waals surface area contributed by atoms with Crippen LogP contribution in [0.5, 0.6) is 0 Å². The Morgan fingerprint density at radius 3 is 3.27 bits per heavy atom. The Morgan fingerprint density at radius 1 is 1.45 bits per heavy atom. The Labute approximate surface area is 66.4 Å². The van der Waals surface area contributed by atoms with Crippen LogP contribution in [0.3, 0.4) is 0 Å². The molecule has 1 aromatic rings. The molecule has 1 aromatic heterocycles. The third-order valence-electron chi connectivity index (χ3n) is 2.27. The van der Waals surface area contributed by atoms with Gasteiger partial charge in [0.2, 0.25) is 0 Å². The fourth-order valence-electron chi connectivity index (χ4n) is 1.61. The van der Waals surface area contributed by atoms with Crippen molar-refractivity contribution in [2.24, 2.45) is 5.73 Å². The molecular formula is C9H12N2. The molecule has 1 heterocycles. The summed E-state index contributed by atoms with van der Waals surface area (Å²) in [6, 6.07) is 2.45. The third kappa shape index (κ3) is 1.26. The number of pyridine rings is 1. The first-order valence-electron chi connectivity index (χ1n) is 4.03. The molecule has 2 rings (SSSR count). The van der Waals surface area contributed by atoms with Gasteiger partial charge in [-0.05, 0) is 36.5 Å². The van der Waals surface area contributed by atoms with Crippen molar-refractivity contribution in [2.45, 2.75) is 25.3 Å². The fourth-order valence-corrected chi connectivity index (χ4v) is 1.61. The summed E-state index contributed by atoms with van der Waals surface area (Å²) in [7, 11) is 0. The monoisotopic (exact) mass is 148 g/mol. The van der Waals surface area contributed by atoms with Gasteiger partial charge in [-0.3, -0.25) is 4.98 Å². The maximum Gasteiger partial charge on any atom is 0.0303 e. The van der Waals surface area contributed by atoms with Gasteiger partial charge in [0.25, 0.3) is 0 Å². The predicted octanol–water partition coefficient (Wildman–Crippen LogP) is 0.898. The molecule has 0 aliphatic heterocycles. The number of nitrogens with two attached hydrogens (primary N) is 1. The standard InChI is InChI=1S/C9H12N2/c10-9-2-1-7-3-4-11-6-8(7)5-9/h3-4,6,9H,1-2,5,10H2. The summed E-state index contributed by atoms with van der Waals surface area (Å²) in [5.74, 6) is 0. The van der Waals surface area contributed by atoms with Crippen molar-refractivity contribution in [1.82, 2.24) is 4.98 Å². The van der Waals surface area contributed by atoms with Gasteiger partial charge in [-0.15, -0.1) is 0 Å². The SMILES string of the molecule is NC1CCc2ccncc2C1. The molecule has 0 spiro atoms. The average molecular weight is 148 g/mol. The summed E-state index contributed by atoms with van der Waals surface area (Å²) in [4.78, 5) is 4.08. The van der Waals surface area contributed by atoms with Crippen LogP contribution in [0, 0.1) is 0 Å². The zero-order chi connectivity index (χ0) is 7.68. The van der Waals surface area contributed by atoms with Crippen LogP contribution < -0.4 is 5.73 Å². The molecule has 2 heteroatoms. The molecule has 58 valence electrons. The minimum Gasteiger partial charge on any atom is -0.327 e. The second-order valence-corrected chi connectivity index (χ2v) is 3.15. The van der Waals surface area contributed by atoms with Crippen LogP contribution >= 0.6 is 0 Å². The van der Waals surface area contributed by atoms with Gasteiger partial charge in [-0.25, -0.2) is 0 Å². The van der Waals surface area contributed by atoms with Crippen molar-refractivity contribution in [3.05, 3.63) is 29.6 Å². The Morgan fingerprint density at radius 2 is 2.36 bits per heavy atom. The average Bonchev–Trinajstić information content (AvgIpc) is 2.04. The van der Waals surface area contributed by atoms with Gasteiger partial charge in [0.15, 0.2) is 0 Å². The third-order valence-corrected chi connectivity index (χ3v) is 2.27. The van der Waals surface area contributed by atoms with E-state index in [2.05, 4.69) is 11.1 Å². The molecule has 0 bridgehead atoms. The van der Waals surface area contributed by atoms with Crippen molar-refractivity contribution < 1.29 is 0 Å². The summed E-state index contributed by atoms with van der Waals surface area (Å²) in [6.07, 6.45) is 7.04. The van der Waals surface area contributed by atoms with Crippen LogP contribution in [-0.4, -0.2) is 11.0 Å². The second-order valence-electron chi connectivity index (χ2n) is 3.15. The Balaban J connectivity index is 2.34. The highest BCUT2D eigenvalue weighted by atomic mass is 14.7. The van der Waals surface area contributed by atoms with E-state index in [0.717, 1.165) is 19.3 Å². The van der Waals surface area contributed by atoms with E-state index < -0.39 is 0 Å². The zero-order valence-electron chi connectivity index (χ0n) is 6.46. The second kappa shape index (κ2) is 2.62. The molecule has 2 nitrogen and oxygen atoms in total. The number of hydrogen-bond donors (Lipinski definition) is 1. The number of aryl methyl sites for hydroxylation is 1. The van der Waals surface area contributed by atoms with Gasteiger partial charge in [0.1, 0.15) is 0 Å². The summed E-state index contributed by atoms with van der Waals surface area (Å²) in [6.45, 7) is 0. The van der Waals surface area contributed by atoms with Gasteiger partial charge in [-0.1, -0.05) is 0 Å². The van der Waals surface area contributed by atoms with Crippen molar-refractivity contribution in [2.75, 3.05) is 0 Å². The lowest BCUT2D eigenvalue weighted by Gasteiger charge is -2.20. The lowest BCUT2D eigenvalue weighted by Crippen LogP contribution is -2.27. The summed E-state index contributed by atoms with van der Waals surface area (Å²) in [5.41, 5.74) is 8.59. The lowest BCUT2D eigenvalue weighted by molar-refractivity contribution is 0.574. The van der Waals surface area contributed by atoms with Gasteiger partial charge in [-0.2, -0.15) is 0 Å². The fraction of sp³-hybridized carbons (Fsp3) is 0.444. The molecule has 0 radical (unpaired) electrons. The van der Waals surface area contributed by atoms with E-state index in [1.54, 1.807) is 0 Å². The van der Waals surface area contributed by atoms with Crippen LogP contribution in [0.1, 0.15) is 17.5 Å². The molecule has 0 fully saturated rings. The van der Waals surface area contributed by atoms with E-state index in [0.29, 0.717) is 6.04 Å². The molecule has 1 aliphatic rings. The van der Waals surface area contributed by atoms with E-state index in [4.69, 9.17) is 5.73 Å². The van der Waals surface area contributed by atoms with E-state index in [9.17, 15) is 0 Å². The topological polar surface area (TPSA) is 38.9 Å². The highest BCUT2D eigenvalue weighted by Gasteiger charge is 2.14. The zero-order valence-corrected chi connectivity index (χ0v) is 6.46. The highest BCUT2D eigenvalue weighted by molar-refractivity contribution is 5.26. The van der Waals surface area contributed by atoms with E-state index in [1.807, 2.05) is 12.4 Å². The highest BCUT2D eigenvalue weighted by Crippen LogP contribution is 2.18. The minimum absolute atomic E-state index is 0.353. The van der Waals surface area contributed by atoms with Gasteiger partial charge in [0.05, 0.1) is 0 Å². The predicted molar refractivity (Wildman–Crippen MR) is 44.2 cm³/mol. The van der Waals surface area contributed by atoms with E-state index in [1.165, 1.54) is 11.1 Å². The molecule has 2 N–H and O–H groups in total. The number of hydrogen-bond acceptors (Lipinski definition) is 2. The number of nitrogens with zero attached hydrogens (tertiary/aromatic N) is 1. The molecule has 0 aromatic carbocycles. The lowest BCUT2D eigenvalue weighted by atomic mass is 9.90. The minimum atomic E-state index is 0.353. The van der Waals surface area contributed by atoms with Crippen LogP contribution in [0.25, 0.3) is 0 Å². The largest absolute Gasteiger partial charge is 0.327 e. The van der Waals surface area contributed by atoms with Crippen LogP contribution in [0.15, 0.2) is 18.5 Å². The summed E-state index contributed by atoms with van der Waals surface area (Å²) in [5, 5.41) is 0. The van der Waals surface area contributed by atoms with Crippen molar-refractivity contribution in [3.8, 4) is 0 Å². The van der Waals surface area contributed by atoms with Crippen molar-refractivity contribution >= 4 is 0 Å². The quantitative estimate of drug-likeness (QED) is 0.593. The number of aromatic nitrogens is 1. The van der Waals surface area contributed by atoms with Crippen molar-refractivity contribution in [1.29, 1.82) is 0 Å². The molecule has 1 unspecified atom stereocenters. The number of fused-ring (bicyclic) bond motifs is 1. The Hall–Kier alpha value is -0.890. The van der Waals surface area contributed by atoms with E-state index >= 15 is 0 Å². The first-order chi connectivity index (χ1) is 5.36. The smallest absolute Gasteiger partial charge is 0.0303 e. The molecule has 1 aliphatic carbocycles. The van der Waals surface area contributed by atoms with Gasteiger partial charge in [0, 0.05) is 18.4 Å². The molecular weight excluding hydrogens is 136 g/mol. The molecule has 0 saturated carbocycles. The van der Waals surface area contributed by atoms with Gasteiger partial charge >= 0.3 is 0 Å². The Kier molecular flexibility index (Phi) is 1.62. The molecule has 0 amide bonds. The first kappa shape index (κ1) is 6.80. The summed E-state index contributed by atoms with van der Waals surface area (Å²) >= 11 is 0. The van der Waals surface area contributed by atoms with Crippen LogP contribution in [0.4, 0.5) is 0 Å². The normalized spacial score (nSPS) is 22.8. The van der Waals surface area contributed by atoms with Crippen LogP contribution in [0.2, 0.25) is 0 Å². The van der Waals surface area contributed by atoms with Crippen molar-refractivity contribution in [3.63, 3.8) is 0 Å². The van der Waals surface area contributed by atoms with Gasteiger partial charge < -0.3 is 5.73 Å². The van der Waals surface area contributed by atoms with E-state index in [-0.39, 0.29) is 0 Å². The maximum atomic E-state index is 5.82. The maximum absolute atomic E-state index is 5.82. The Bertz CT molecular complexity index is 257.